The summed E-state index contributed by atoms with van der Waals surface area (Å²) in [5.41, 5.74) is 1.90. The molecular weight excluding hydrogens is 432 g/mol. The molecule has 1 aliphatic rings. The molecule has 0 radical (unpaired) electrons. The Bertz CT molecular complexity index is 1100. The number of carbonyl (C=O) groups is 1. The van der Waals surface area contributed by atoms with Crippen molar-refractivity contribution < 1.29 is 18.1 Å². The van der Waals surface area contributed by atoms with Gasteiger partial charge in [-0.15, -0.1) is 0 Å². The van der Waals surface area contributed by atoms with Crippen LogP contribution >= 0.6 is 0 Å². The van der Waals surface area contributed by atoms with Gasteiger partial charge in [-0.2, -0.15) is 4.31 Å². The number of anilines is 2. The normalized spacial score (nSPS) is 13.7. The highest BCUT2D eigenvalue weighted by molar-refractivity contribution is 7.89. The van der Waals surface area contributed by atoms with E-state index in [9.17, 15) is 23.3 Å². The van der Waals surface area contributed by atoms with Crippen LogP contribution in [-0.4, -0.2) is 49.7 Å². The van der Waals surface area contributed by atoms with E-state index in [1.807, 2.05) is 0 Å². The van der Waals surface area contributed by atoms with Crippen LogP contribution in [0.3, 0.4) is 0 Å². The quantitative estimate of drug-likeness (QED) is 0.453. The number of amides is 1. The van der Waals surface area contributed by atoms with Gasteiger partial charge in [0.05, 0.1) is 9.82 Å². The summed E-state index contributed by atoms with van der Waals surface area (Å²) in [6, 6.07) is 11.2. The van der Waals surface area contributed by atoms with Gasteiger partial charge in [-0.05, 0) is 42.7 Å². The van der Waals surface area contributed by atoms with Crippen molar-refractivity contribution in [1.29, 1.82) is 0 Å². The summed E-state index contributed by atoms with van der Waals surface area (Å²) in [5, 5.41) is 14.1. The van der Waals surface area contributed by atoms with Crippen LogP contribution in [0, 0.1) is 10.1 Å². The predicted octanol–water partition coefficient (Wildman–Crippen LogP) is 3.41. The van der Waals surface area contributed by atoms with Crippen LogP contribution in [0.15, 0.2) is 47.4 Å². The van der Waals surface area contributed by atoms with Gasteiger partial charge in [-0.1, -0.05) is 26.0 Å². The molecule has 10 heteroatoms. The molecule has 0 saturated carbocycles. The van der Waals surface area contributed by atoms with E-state index in [1.54, 1.807) is 55.1 Å². The van der Waals surface area contributed by atoms with Crippen LogP contribution in [-0.2, 0) is 21.2 Å². The maximum absolute atomic E-state index is 12.9. The van der Waals surface area contributed by atoms with E-state index in [0.717, 1.165) is 17.7 Å². The van der Waals surface area contributed by atoms with Gasteiger partial charge in [0.25, 0.3) is 5.69 Å². The van der Waals surface area contributed by atoms with E-state index in [0.29, 0.717) is 31.7 Å². The third kappa shape index (κ3) is 4.91. The van der Waals surface area contributed by atoms with E-state index >= 15 is 0 Å². The number of rotatable bonds is 9. The van der Waals surface area contributed by atoms with Crippen LogP contribution < -0.4 is 10.2 Å². The summed E-state index contributed by atoms with van der Waals surface area (Å²) in [6.45, 7) is 5.21. The average molecular weight is 461 g/mol. The lowest BCUT2D eigenvalue weighted by molar-refractivity contribution is -0.384. The number of sulfonamides is 1. The van der Waals surface area contributed by atoms with E-state index in [-0.39, 0.29) is 29.5 Å². The minimum Gasteiger partial charge on any atom is -0.379 e. The standard InChI is InChI=1S/C22H28N4O5S/c1-3-24(4-2)32(30,31)18-11-12-20-17(16-18)8-7-15-25(20)22(27)13-14-23-19-9-5-6-10-21(19)26(28)29/h5-6,9-12,16,23H,3-4,7-8,13-15H2,1-2H3. The van der Waals surface area contributed by atoms with Crippen LogP contribution in [0.4, 0.5) is 17.1 Å². The van der Waals surface area contributed by atoms with Crippen molar-refractivity contribution in [3.63, 3.8) is 0 Å². The molecule has 1 aliphatic heterocycles. The topological polar surface area (TPSA) is 113 Å². The number of nitro groups is 1. The number of hydrogen-bond acceptors (Lipinski definition) is 6. The molecule has 0 atom stereocenters. The van der Waals surface area contributed by atoms with Gasteiger partial charge >= 0.3 is 0 Å². The molecule has 1 heterocycles. The van der Waals surface area contributed by atoms with Gasteiger partial charge in [0, 0.05) is 44.4 Å². The smallest absolute Gasteiger partial charge is 0.292 e. The van der Waals surface area contributed by atoms with Gasteiger partial charge in [-0.3, -0.25) is 14.9 Å². The molecule has 32 heavy (non-hydrogen) atoms. The van der Waals surface area contributed by atoms with Gasteiger partial charge in [-0.25, -0.2) is 8.42 Å². The number of nitrogens with zero attached hydrogens (tertiary/aromatic N) is 3. The van der Waals surface area contributed by atoms with Gasteiger partial charge in [0.2, 0.25) is 15.9 Å². The molecule has 2 aromatic carbocycles. The minimum absolute atomic E-state index is 0.0368. The Balaban J connectivity index is 1.72. The predicted molar refractivity (Wildman–Crippen MR) is 123 cm³/mol. The zero-order valence-electron chi connectivity index (χ0n) is 18.3. The highest BCUT2D eigenvalue weighted by Crippen LogP contribution is 2.31. The zero-order chi connectivity index (χ0) is 23.3. The molecule has 0 bridgehead atoms. The summed E-state index contributed by atoms with van der Waals surface area (Å²) < 4.78 is 27.1. The summed E-state index contributed by atoms with van der Waals surface area (Å²) in [6.07, 6.45) is 1.60. The van der Waals surface area contributed by atoms with Crippen molar-refractivity contribution >= 4 is 33.0 Å². The Labute approximate surface area is 188 Å². The highest BCUT2D eigenvalue weighted by atomic mass is 32.2. The number of para-hydroxylation sites is 2. The first-order valence-corrected chi connectivity index (χ1v) is 12.1. The second kappa shape index (κ2) is 10.1. The number of nitrogens with one attached hydrogen (secondary N) is 1. The number of nitro benzene ring substituents is 1. The summed E-state index contributed by atoms with van der Waals surface area (Å²) in [7, 11) is -3.56. The fourth-order valence-electron chi connectivity index (χ4n) is 3.93. The molecule has 2 aromatic rings. The van der Waals surface area contributed by atoms with Crippen LogP contribution in [0.5, 0.6) is 0 Å². The highest BCUT2D eigenvalue weighted by Gasteiger charge is 2.27. The summed E-state index contributed by atoms with van der Waals surface area (Å²) in [4.78, 5) is 25.5. The first-order valence-electron chi connectivity index (χ1n) is 10.7. The number of benzene rings is 2. The van der Waals surface area contributed by atoms with Crippen molar-refractivity contribution in [2.75, 3.05) is 36.4 Å². The molecule has 0 aliphatic carbocycles. The first kappa shape index (κ1) is 23.7. The second-order valence-corrected chi connectivity index (χ2v) is 9.42. The van der Waals surface area contributed by atoms with Crippen LogP contribution in [0.2, 0.25) is 0 Å². The second-order valence-electron chi connectivity index (χ2n) is 7.48. The Morgan fingerprint density at radius 3 is 2.59 bits per heavy atom. The summed E-state index contributed by atoms with van der Waals surface area (Å²) >= 11 is 0. The Kier molecular flexibility index (Phi) is 7.47. The lowest BCUT2D eigenvalue weighted by Gasteiger charge is -2.30. The maximum Gasteiger partial charge on any atom is 0.292 e. The largest absolute Gasteiger partial charge is 0.379 e. The average Bonchev–Trinajstić information content (AvgIpc) is 2.79. The summed E-state index contributed by atoms with van der Waals surface area (Å²) in [5.74, 6) is -0.114. The van der Waals surface area contributed by atoms with E-state index < -0.39 is 14.9 Å². The van der Waals surface area contributed by atoms with E-state index in [1.165, 1.54) is 10.4 Å². The van der Waals surface area contributed by atoms with Crippen molar-refractivity contribution in [1.82, 2.24) is 4.31 Å². The third-order valence-corrected chi connectivity index (χ3v) is 7.61. The number of hydrogen-bond donors (Lipinski definition) is 1. The molecule has 0 fully saturated rings. The monoisotopic (exact) mass is 460 g/mol. The number of fused-ring (bicyclic) bond motifs is 1. The molecule has 9 nitrogen and oxygen atoms in total. The van der Waals surface area contributed by atoms with Crippen molar-refractivity contribution in [3.05, 3.63) is 58.1 Å². The molecule has 172 valence electrons. The maximum atomic E-state index is 12.9. The third-order valence-electron chi connectivity index (χ3n) is 5.57. The van der Waals surface area contributed by atoms with Crippen LogP contribution in [0.25, 0.3) is 0 Å². The molecule has 1 N–H and O–H groups in total. The van der Waals surface area contributed by atoms with Crippen LogP contribution in [0.1, 0.15) is 32.3 Å². The van der Waals surface area contributed by atoms with Crippen molar-refractivity contribution in [2.24, 2.45) is 0 Å². The molecule has 0 aromatic heterocycles. The molecule has 0 spiro atoms. The zero-order valence-corrected chi connectivity index (χ0v) is 19.1. The molecule has 3 rings (SSSR count). The molecule has 0 saturated heterocycles. The lowest BCUT2D eigenvalue weighted by atomic mass is 10.0. The van der Waals surface area contributed by atoms with Crippen molar-refractivity contribution in [3.8, 4) is 0 Å². The Morgan fingerprint density at radius 2 is 1.91 bits per heavy atom. The fourth-order valence-corrected chi connectivity index (χ4v) is 5.44. The SMILES string of the molecule is CCN(CC)S(=O)(=O)c1ccc2c(c1)CCCN2C(=O)CCNc1ccccc1[N+](=O)[O-]. The Morgan fingerprint density at radius 1 is 1.19 bits per heavy atom. The van der Waals surface area contributed by atoms with Gasteiger partial charge in [0.15, 0.2) is 0 Å². The number of aryl methyl sites for hydroxylation is 1. The van der Waals surface area contributed by atoms with Gasteiger partial charge < -0.3 is 10.2 Å². The first-order chi connectivity index (χ1) is 15.3. The fraction of sp³-hybridized carbons (Fsp3) is 0.409. The Hall–Kier alpha value is -2.98. The number of carbonyl (C=O) groups excluding carboxylic acids is 1. The van der Waals surface area contributed by atoms with E-state index in [2.05, 4.69) is 5.32 Å². The minimum atomic E-state index is -3.56. The molecule has 1 amide bonds. The lowest BCUT2D eigenvalue weighted by Crippen LogP contribution is -2.36. The molecular formula is C22H28N4O5S. The molecule has 0 unspecified atom stereocenters. The van der Waals surface area contributed by atoms with Crippen molar-refractivity contribution in [2.45, 2.75) is 38.0 Å². The van der Waals surface area contributed by atoms with E-state index in [4.69, 9.17) is 0 Å². The van der Waals surface area contributed by atoms with Gasteiger partial charge in [0.1, 0.15) is 5.69 Å².